The highest BCUT2D eigenvalue weighted by Gasteiger charge is 2.46. The molecule has 1 aliphatic rings. The van der Waals surface area contributed by atoms with Crippen LogP contribution in [-0.4, -0.2) is 31.1 Å². The summed E-state index contributed by atoms with van der Waals surface area (Å²) < 4.78 is 24.4. The Morgan fingerprint density at radius 3 is 1.70 bits per heavy atom. The molecule has 0 bridgehead atoms. The lowest BCUT2D eigenvalue weighted by Gasteiger charge is -2.24. The number of hydrogen-bond donors (Lipinski definition) is 0. The van der Waals surface area contributed by atoms with Crippen molar-refractivity contribution in [2.45, 2.75) is 44.4 Å². The highest BCUT2D eigenvalue weighted by atomic mass is 16.6. The van der Waals surface area contributed by atoms with Crippen LogP contribution < -0.4 is 0 Å². The predicted octanol–water partition coefficient (Wildman–Crippen LogP) is 5.41. The van der Waals surface area contributed by atoms with Crippen molar-refractivity contribution in [3.63, 3.8) is 0 Å². The standard InChI is InChI=1S/C26H27N3O4/c27-29-28-26-25(32-18-22-14-8-3-9-15-22)24(31-17-21-12-6-2-7-13-21)23(33-26)19-30-16-20-10-4-1-5-11-20/h1-15,23-26H,16-19H2/t23-,24-,25-,26+/m1/s1. The number of ether oxygens (including phenoxy) is 4. The first-order chi connectivity index (χ1) is 16.3. The topological polar surface area (TPSA) is 85.7 Å². The highest BCUT2D eigenvalue weighted by Crippen LogP contribution is 2.30. The van der Waals surface area contributed by atoms with E-state index in [9.17, 15) is 0 Å². The SMILES string of the molecule is [N-]=[N+]=N[C@H]1O[C@H](COCc2ccccc2)[C@@H](OCc2ccccc2)[C@H]1OCc1ccccc1. The van der Waals surface area contributed by atoms with E-state index >= 15 is 0 Å². The van der Waals surface area contributed by atoms with Crippen molar-refractivity contribution >= 4 is 0 Å². The minimum absolute atomic E-state index is 0.289. The maximum absolute atomic E-state index is 9.09. The van der Waals surface area contributed by atoms with Gasteiger partial charge in [0.05, 0.1) is 26.4 Å². The summed E-state index contributed by atoms with van der Waals surface area (Å²) in [5.41, 5.74) is 12.2. The number of azide groups is 1. The molecule has 0 amide bonds. The van der Waals surface area contributed by atoms with Crippen LogP contribution in [0.2, 0.25) is 0 Å². The largest absolute Gasteiger partial charge is 0.374 e. The number of rotatable bonds is 11. The van der Waals surface area contributed by atoms with Gasteiger partial charge in [0.25, 0.3) is 0 Å². The van der Waals surface area contributed by atoms with E-state index in [1.54, 1.807) is 0 Å². The minimum Gasteiger partial charge on any atom is -0.374 e. The molecular formula is C26H27N3O4. The van der Waals surface area contributed by atoms with Gasteiger partial charge in [0, 0.05) is 4.91 Å². The summed E-state index contributed by atoms with van der Waals surface area (Å²) in [4.78, 5) is 2.96. The summed E-state index contributed by atoms with van der Waals surface area (Å²) in [6, 6.07) is 29.7. The van der Waals surface area contributed by atoms with Crippen LogP contribution in [0.25, 0.3) is 10.4 Å². The predicted molar refractivity (Wildman–Crippen MR) is 124 cm³/mol. The Morgan fingerprint density at radius 2 is 1.18 bits per heavy atom. The third-order valence-electron chi connectivity index (χ3n) is 5.42. The number of hydrogen-bond acceptors (Lipinski definition) is 5. The van der Waals surface area contributed by atoms with Crippen LogP contribution in [0.3, 0.4) is 0 Å². The fourth-order valence-electron chi connectivity index (χ4n) is 3.77. The second kappa shape index (κ2) is 12.2. The highest BCUT2D eigenvalue weighted by molar-refractivity contribution is 5.15. The molecule has 4 atom stereocenters. The Labute approximate surface area is 193 Å². The van der Waals surface area contributed by atoms with E-state index in [1.165, 1.54) is 0 Å². The Kier molecular flexibility index (Phi) is 8.47. The van der Waals surface area contributed by atoms with Crippen LogP contribution in [0.1, 0.15) is 16.7 Å². The van der Waals surface area contributed by atoms with E-state index in [-0.39, 0.29) is 6.61 Å². The average molecular weight is 446 g/mol. The summed E-state index contributed by atoms with van der Waals surface area (Å²) >= 11 is 0. The molecule has 7 heteroatoms. The molecule has 1 aliphatic heterocycles. The molecule has 1 heterocycles. The molecule has 33 heavy (non-hydrogen) atoms. The molecule has 0 aromatic heterocycles. The fraction of sp³-hybridized carbons (Fsp3) is 0.308. The molecular weight excluding hydrogens is 418 g/mol. The fourth-order valence-corrected chi connectivity index (χ4v) is 3.77. The molecule has 1 saturated heterocycles. The van der Waals surface area contributed by atoms with Crippen LogP contribution in [0.4, 0.5) is 0 Å². The van der Waals surface area contributed by atoms with Crippen LogP contribution in [-0.2, 0) is 38.8 Å². The van der Waals surface area contributed by atoms with Gasteiger partial charge >= 0.3 is 0 Å². The zero-order valence-corrected chi connectivity index (χ0v) is 18.3. The summed E-state index contributed by atoms with van der Waals surface area (Å²) in [5.74, 6) is 0. The average Bonchev–Trinajstić information content (AvgIpc) is 3.19. The van der Waals surface area contributed by atoms with E-state index in [1.807, 2.05) is 91.0 Å². The normalized spacial score (nSPS) is 22.1. The van der Waals surface area contributed by atoms with Crippen molar-refractivity contribution in [3.8, 4) is 0 Å². The van der Waals surface area contributed by atoms with E-state index in [4.69, 9.17) is 24.5 Å². The Morgan fingerprint density at radius 1 is 0.697 bits per heavy atom. The molecule has 0 unspecified atom stereocenters. The molecule has 170 valence electrons. The van der Waals surface area contributed by atoms with Gasteiger partial charge in [-0.3, -0.25) is 0 Å². The van der Waals surface area contributed by atoms with Crippen molar-refractivity contribution < 1.29 is 18.9 Å². The van der Waals surface area contributed by atoms with Crippen molar-refractivity contribution in [2.75, 3.05) is 6.61 Å². The molecule has 0 saturated carbocycles. The molecule has 4 rings (SSSR count). The minimum atomic E-state index is -0.801. The third kappa shape index (κ3) is 6.65. The lowest BCUT2D eigenvalue weighted by molar-refractivity contribution is -0.0897. The van der Waals surface area contributed by atoms with Crippen LogP contribution in [0.5, 0.6) is 0 Å². The van der Waals surface area contributed by atoms with Gasteiger partial charge in [0.15, 0.2) is 6.23 Å². The molecule has 3 aromatic carbocycles. The van der Waals surface area contributed by atoms with Crippen molar-refractivity contribution in [1.82, 2.24) is 0 Å². The number of nitrogens with zero attached hydrogens (tertiary/aromatic N) is 3. The summed E-state index contributed by atoms with van der Waals surface area (Å²) in [7, 11) is 0. The second-order valence-corrected chi connectivity index (χ2v) is 7.79. The van der Waals surface area contributed by atoms with Gasteiger partial charge in [-0.25, -0.2) is 0 Å². The van der Waals surface area contributed by atoms with Gasteiger partial charge in [-0.1, -0.05) is 96.1 Å². The van der Waals surface area contributed by atoms with E-state index in [0.29, 0.717) is 19.8 Å². The first-order valence-electron chi connectivity index (χ1n) is 11.0. The first-order valence-corrected chi connectivity index (χ1v) is 11.0. The monoisotopic (exact) mass is 445 g/mol. The third-order valence-corrected chi connectivity index (χ3v) is 5.42. The zero-order valence-electron chi connectivity index (χ0n) is 18.3. The first kappa shape index (κ1) is 23.0. The van der Waals surface area contributed by atoms with E-state index in [0.717, 1.165) is 16.7 Å². The molecule has 0 spiro atoms. The molecule has 3 aromatic rings. The van der Waals surface area contributed by atoms with Gasteiger partial charge in [0.2, 0.25) is 0 Å². The number of benzene rings is 3. The zero-order chi connectivity index (χ0) is 22.7. The van der Waals surface area contributed by atoms with Gasteiger partial charge < -0.3 is 18.9 Å². The lowest BCUT2D eigenvalue weighted by atomic mass is 10.1. The summed E-state index contributed by atoms with van der Waals surface area (Å²) in [6.07, 6.45) is -2.26. The molecule has 1 fully saturated rings. The Hall–Kier alpha value is -3.19. The van der Waals surface area contributed by atoms with Crippen molar-refractivity contribution in [1.29, 1.82) is 0 Å². The maximum atomic E-state index is 9.09. The van der Waals surface area contributed by atoms with E-state index < -0.39 is 24.5 Å². The van der Waals surface area contributed by atoms with Gasteiger partial charge in [-0.2, -0.15) is 0 Å². The molecule has 7 nitrogen and oxygen atoms in total. The molecule has 0 aliphatic carbocycles. The second-order valence-electron chi connectivity index (χ2n) is 7.79. The van der Waals surface area contributed by atoms with Gasteiger partial charge in [-0.15, -0.1) is 0 Å². The Bertz CT molecular complexity index is 1010. The maximum Gasteiger partial charge on any atom is 0.165 e. The smallest absolute Gasteiger partial charge is 0.165 e. The van der Waals surface area contributed by atoms with Gasteiger partial charge in [-0.05, 0) is 22.2 Å². The summed E-state index contributed by atoms with van der Waals surface area (Å²) in [6.45, 7) is 1.48. The Balaban J connectivity index is 1.46. The van der Waals surface area contributed by atoms with Crippen LogP contribution in [0.15, 0.2) is 96.1 Å². The quantitative estimate of drug-likeness (QED) is 0.224. The van der Waals surface area contributed by atoms with Crippen LogP contribution >= 0.6 is 0 Å². The van der Waals surface area contributed by atoms with Crippen molar-refractivity contribution in [3.05, 3.63) is 118 Å². The van der Waals surface area contributed by atoms with Crippen LogP contribution in [0, 0.1) is 0 Å². The molecule has 0 N–H and O–H groups in total. The lowest BCUT2D eigenvalue weighted by Crippen LogP contribution is -2.38. The summed E-state index contributed by atoms with van der Waals surface area (Å²) in [5, 5.41) is 3.84. The van der Waals surface area contributed by atoms with Gasteiger partial charge in [0.1, 0.15) is 18.3 Å². The van der Waals surface area contributed by atoms with E-state index in [2.05, 4.69) is 10.0 Å². The molecule has 0 radical (unpaired) electrons. The van der Waals surface area contributed by atoms with Crippen molar-refractivity contribution in [2.24, 2.45) is 5.11 Å².